The number of rotatable bonds is 5. The molecule has 1 fully saturated rings. The summed E-state index contributed by atoms with van der Waals surface area (Å²) in [5.74, 6) is -0.511. The summed E-state index contributed by atoms with van der Waals surface area (Å²) in [5.41, 5.74) is 1.57. The van der Waals surface area contributed by atoms with Crippen LogP contribution in [0.5, 0.6) is 0 Å². The normalized spacial score (nSPS) is 17.5. The van der Waals surface area contributed by atoms with E-state index in [1.807, 2.05) is 6.92 Å². The van der Waals surface area contributed by atoms with Gasteiger partial charge in [0.25, 0.3) is 5.91 Å². The van der Waals surface area contributed by atoms with E-state index in [0.717, 1.165) is 19.3 Å². The number of hydrogen-bond acceptors (Lipinski definition) is 4. The lowest BCUT2D eigenvalue weighted by molar-refractivity contribution is -0.114. The Labute approximate surface area is 171 Å². The molecule has 0 aromatic heterocycles. The topological polar surface area (TPSA) is 95.6 Å². The van der Waals surface area contributed by atoms with Crippen molar-refractivity contribution in [1.29, 1.82) is 0 Å². The summed E-state index contributed by atoms with van der Waals surface area (Å²) in [6, 6.07) is 12.7. The summed E-state index contributed by atoms with van der Waals surface area (Å²) in [5, 5.41) is 5.41. The van der Waals surface area contributed by atoms with Gasteiger partial charge in [-0.05, 0) is 68.3 Å². The van der Waals surface area contributed by atoms with Crippen LogP contribution >= 0.6 is 0 Å². The van der Waals surface area contributed by atoms with Gasteiger partial charge in [-0.3, -0.25) is 9.59 Å². The van der Waals surface area contributed by atoms with Crippen LogP contribution in [0, 0.1) is 0 Å². The van der Waals surface area contributed by atoms with Crippen LogP contribution in [0.15, 0.2) is 53.4 Å². The Morgan fingerprint density at radius 3 is 2.07 bits per heavy atom. The number of carbonyl (C=O) groups excluding carboxylic acids is 2. The summed E-state index contributed by atoms with van der Waals surface area (Å²) in [6.45, 7) is 3.88. The van der Waals surface area contributed by atoms with Crippen LogP contribution in [-0.4, -0.2) is 37.1 Å². The number of carbonyl (C=O) groups is 2. The van der Waals surface area contributed by atoms with Gasteiger partial charge in [0, 0.05) is 36.4 Å². The minimum atomic E-state index is -3.56. The Morgan fingerprint density at radius 1 is 0.931 bits per heavy atom. The largest absolute Gasteiger partial charge is 0.326 e. The van der Waals surface area contributed by atoms with Crippen LogP contribution in [0.3, 0.4) is 0 Å². The number of piperidine rings is 1. The molecule has 0 bridgehead atoms. The Kier molecular flexibility index (Phi) is 6.34. The van der Waals surface area contributed by atoms with E-state index in [1.165, 1.54) is 31.2 Å². The van der Waals surface area contributed by atoms with Gasteiger partial charge < -0.3 is 10.6 Å². The van der Waals surface area contributed by atoms with E-state index in [0.29, 0.717) is 23.5 Å². The van der Waals surface area contributed by atoms with Gasteiger partial charge in [-0.15, -0.1) is 0 Å². The van der Waals surface area contributed by atoms with Crippen molar-refractivity contribution in [3.05, 3.63) is 54.1 Å². The van der Waals surface area contributed by atoms with Crippen LogP contribution in [-0.2, 0) is 14.8 Å². The molecule has 2 aromatic carbocycles. The van der Waals surface area contributed by atoms with Gasteiger partial charge in [0.2, 0.25) is 15.9 Å². The monoisotopic (exact) mass is 415 g/mol. The molecule has 0 aliphatic carbocycles. The zero-order chi connectivity index (χ0) is 21.0. The minimum Gasteiger partial charge on any atom is -0.326 e. The fourth-order valence-electron chi connectivity index (χ4n) is 3.39. The molecule has 0 radical (unpaired) electrons. The predicted molar refractivity (Wildman–Crippen MR) is 112 cm³/mol. The van der Waals surface area contributed by atoms with E-state index in [9.17, 15) is 18.0 Å². The second kappa shape index (κ2) is 8.75. The highest BCUT2D eigenvalue weighted by Gasteiger charge is 2.30. The Bertz CT molecular complexity index is 986. The van der Waals surface area contributed by atoms with Crippen molar-refractivity contribution >= 4 is 33.2 Å². The fraction of sp³-hybridized carbons (Fsp3) is 0.333. The average molecular weight is 416 g/mol. The lowest BCUT2D eigenvalue weighted by Crippen LogP contribution is -2.41. The van der Waals surface area contributed by atoms with Crippen LogP contribution in [0.4, 0.5) is 11.4 Å². The molecule has 154 valence electrons. The third-order valence-corrected chi connectivity index (χ3v) is 6.96. The first-order valence-electron chi connectivity index (χ1n) is 9.58. The number of benzene rings is 2. The molecule has 7 nitrogen and oxygen atoms in total. The second-order valence-electron chi connectivity index (χ2n) is 7.20. The molecular formula is C21H25N3O4S. The first-order valence-corrected chi connectivity index (χ1v) is 11.0. The first-order chi connectivity index (χ1) is 13.8. The van der Waals surface area contributed by atoms with Crippen molar-refractivity contribution < 1.29 is 18.0 Å². The molecule has 0 spiro atoms. The van der Waals surface area contributed by atoms with Crippen molar-refractivity contribution in [2.75, 3.05) is 17.2 Å². The number of amides is 2. The van der Waals surface area contributed by atoms with Gasteiger partial charge >= 0.3 is 0 Å². The standard InChI is InChI=1S/C21H25N3O4S/c1-15-5-3-4-14-24(15)29(27,28)20-12-6-17(7-13-20)21(26)23-19-10-8-18(9-11-19)22-16(2)25/h6-13,15H,3-5,14H2,1-2H3,(H,22,25)(H,23,26)/t15-/m1/s1. The Hall–Kier alpha value is -2.71. The maximum atomic E-state index is 12.9. The zero-order valence-corrected chi connectivity index (χ0v) is 17.3. The van der Waals surface area contributed by atoms with E-state index in [4.69, 9.17) is 0 Å². The highest BCUT2D eigenvalue weighted by Crippen LogP contribution is 2.25. The van der Waals surface area contributed by atoms with Crippen molar-refractivity contribution in [2.24, 2.45) is 0 Å². The van der Waals surface area contributed by atoms with Gasteiger partial charge in [-0.25, -0.2) is 8.42 Å². The SMILES string of the molecule is CC(=O)Nc1ccc(NC(=O)c2ccc(S(=O)(=O)N3CCCC[C@H]3C)cc2)cc1. The van der Waals surface area contributed by atoms with Gasteiger partial charge in [0.1, 0.15) is 0 Å². The number of sulfonamides is 1. The Morgan fingerprint density at radius 2 is 1.52 bits per heavy atom. The molecule has 29 heavy (non-hydrogen) atoms. The van der Waals surface area contributed by atoms with Crippen LogP contribution in [0.2, 0.25) is 0 Å². The van der Waals surface area contributed by atoms with E-state index >= 15 is 0 Å². The van der Waals surface area contributed by atoms with Gasteiger partial charge in [0.15, 0.2) is 0 Å². The molecule has 1 saturated heterocycles. The van der Waals surface area contributed by atoms with Gasteiger partial charge in [-0.1, -0.05) is 6.42 Å². The molecule has 2 N–H and O–H groups in total. The van der Waals surface area contributed by atoms with E-state index in [2.05, 4.69) is 10.6 Å². The smallest absolute Gasteiger partial charge is 0.255 e. The molecule has 3 rings (SSSR count). The maximum absolute atomic E-state index is 12.9. The summed E-state index contributed by atoms with van der Waals surface area (Å²) >= 11 is 0. The van der Waals surface area contributed by atoms with Crippen molar-refractivity contribution in [2.45, 2.75) is 44.0 Å². The molecule has 1 aliphatic rings. The number of hydrogen-bond donors (Lipinski definition) is 2. The van der Waals surface area contributed by atoms with Crippen LogP contribution in [0.1, 0.15) is 43.5 Å². The maximum Gasteiger partial charge on any atom is 0.255 e. The summed E-state index contributed by atoms with van der Waals surface area (Å²) in [7, 11) is -3.56. The lowest BCUT2D eigenvalue weighted by atomic mass is 10.1. The van der Waals surface area contributed by atoms with Gasteiger partial charge in [-0.2, -0.15) is 4.31 Å². The summed E-state index contributed by atoms with van der Waals surface area (Å²) in [6.07, 6.45) is 2.77. The second-order valence-corrected chi connectivity index (χ2v) is 9.09. The van der Waals surface area contributed by atoms with Gasteiger partial charge in [0.05, 0.1) is 4.90 Å². The van der Waals surface area contributed by atoms with Crippen molar-refractivity contribution in [1.82, 2.24) is 4.31 Å². The predicted octanol–water partition coefficient (Wildman–Crippen LogP) is 3.46. The third-order valence-electron chi connectivity index (χ3n) is 4.93. The summed E-state index contributed by atoms with van der Waals surface area (Å²) in [4.78, 5) is 23.7. The first kappa shape index (κ1) is 21.0. The molecule has 1 aliphatic heterocycles. The summed E-state index contributed by atoms with van der Waals surface area (Å²) < 4.78 is 27.3. The zero-order valence-electron chi connectivity index (χ0n) is 16.5. The molecule has 2 amide bonds. The molecule has 0 saturated carbocycles. The van der Waals surface area contributed by atoms with Crippen LogP contribution < -0.4 is 10.6 Å². The van der Waals surface area contributed by atoms with Crippen molar-refractivity contribution in [3.8, 4) is 0 Å². The highest BCUT2D eigenvalue weighted by atomic mass is 32.2. The van der Waals surface area contributed by atoms with Crippen molar-refractivity contribution in [3.63, 3.8) is 0 Å². The molecule has 8 heteroatoms. The highest BCUT2D eigenvalue weighted by molar-refractivity contribution is 7.89. The molecule has 2 aromatic rings. The number of nitrogens with one attached hydrogen (secondary N) is 2. The van der Waals surface area contributed by atoms with E-state index in [1.54, 1.807) is 28.6 Å². The molecule has 1 atom stereocenters. The Balaban J connectivity index is 1.69. The third kappa shape index (κ3) is 5.02. The molecule has 0 unspecified atom stereocenters. The number of nitrogens with zero attached hydrogens (tertiary/aromatic N) is 1. The van der Waals surface area contributed by atoms with E-state index < -0.39 is 10.0 Å². The average Bonchev–Trinajstić information content (AvgIpc) is 2.69. The quantitative estimate of drug-likeness (QED) is 0.782. The van der Waals surface area contributed by atoms with Crippen LogP contribution in [0.25, 0.3) is 0 Å². The number of anilines is 2. The van der Waals surface area contributed by atoms with E-state index in [-0.39, 0.29) is 22.8 Å². The minimum absolute atomic E-state index is 0.0165. The fourth-order valence-corrected chi connectivity index (χ4v) is 5.09. The molecule has 1 heterocycles. The molecular weight excluding hydrogens is 390 g/mol. The lowest BCUT2D eigenvalue weighted by Gasteiger charge is -2.32.